The largest absolute Gasteiger partial charge is 0.378 e. The SMILES string of the molecule is Cc1nc(C(=O)Nc2cc(-c3cnc(N4CCOCC4)nc3)c(F)cc2N2CCN(C)[C@@H](C)C2)cs1. The molecule has 11 heteroatoms. The van der Waals surface area contributed by atoms with Crippen LogP contribution >= 0.6 is 11.3 Å². The zero-order chi connectivity index (χ0) is 25.2. The van der Waals surface area contributed by atoms with Crippen LogP contribution in [0.2, 0.25) is 0 Å². The number of morpholine rings is 1. The number of hydrogen-bond donors (Lipinski definition) is 1. The number of aromatic nitrogens is 3. The van der Waals surface area contributed by atoms with Crippen molar-refractivity contribution >= 4 is 34.6 Å². The third kappa shape index (κ3) is 5.18. The smallest absolute Gasteiger partial charge is 0.275 e. The number of carbonyl (C=O) groups is 1. The number of aryl methyl sites for hydroxylation is 1. The Hall–Kier alpha value is -3.15. The van der Waals surface area contributed by atoms with Gasteiger partial charge < -0.3 is 24.8 Å². The molecular weight excluding hydrogens is 481 g/mol. The number of hydrogen-bond acceptors (Lipinski definition) is 9. The number of thiazole rings is 1. The summed E-state index contributed by atoms with van der Waals surface area (Å²) in [6, 6.07) is 3.48. The van der Waals surface area contributed by atoms with Crippen LogP contribution in [-0.2, 0) is 4.74 Å². The molecule has 0 spiro atoms. The molecule has 36 heavy (non-hydrogen) atoms. The first-order valence-electron chi connectivity index (χ1n) is 12.1. The fourth-order valence-corrected chi connectivity index (χ4v) is 5.05. The van der Waals surface area contributed by atoms with Gasteiger partial charge in [-0.2, -0.15) is 0 Å². The monoisotopic (exact) mass is 511 g/mol. The van der Waals surface area contributed by atoms with Gasteiger partial charge in [-0.05, 0) is 33.0 Å². The number of likely N-dealkylation sites (N-methyl/N-ethyl adjacent to an activating group) is 1. The number of benzene rings is 1. The molecule has 3 aromatic rings. The van der Waals surface area contributed by atoms with E-state index in [-0.39, 0.29) is 11.7 Å². The van der Waals surface area contributed by atoms with Crippen LogP contribution in [0.1, 0.15) is 22.4 Å². The van der Waals surface area contributed by atoms with Crippen molar-refractivity contribution in [2.45, 2.75) is 19.9 Å². The second kappa shape index (κ2) is 10.5. The van der Waals surface area contributed by atoms with Crippen LogP contribution in [0.3, 0.4) is 0 Å². The molecule has 2 aliphatic rings. The van der Waals surface area contributed by atoms with Crippen LogP contribution < -0.4 is 15.1 Å². The molecule has 2 saturated heterocycles. The molecule has 9 nitrogen and oxygen atoms in total. The van der Waals surface area contributed by atoms with E-state index in [1.54, 1.807) is 23.8 Å². The molecule has 0 aliphatic carbocycles. The van der Waals surface area contributed by atoms with Crippen LogP contribution in [0.5, 0.6) is 0 Å². The minimum absolute atomic E-state index is 0.298. The van der Waals surface area contributed by atoms with Gasteiger partial charge in [0.1, 0.15) is 11.5 Å². The Kier molecular flexibility index (Phi) is 7.13. The molecule has 1 aromatic carbocycles. The van der Waals surface area contributed by atoms with Gasteiger partial charge in [0.2, 0.25) is 5.95 Å². The number of anilines is 3. The predicted octanol–water partition coefficient (Wildman–Crippen LogP) is 3.28. The molecule has 1 atom stereocenters. The molecule has 0 bridgehead atoms. The first kappa shape index (κ1) is 24.5. The number of rotatable bonds is 5. The van der Waals surface area contributed by atoms with Gasteiger partial charge in [0.05, 0.1) is 29.6 Å². The maximum absolute atomic E-state index is 15.5. The predicted molar refractivity (Wildman–Crippen MR) is 140 cm³/mol. The Morgan fingerprint density at radius 3 is 2.56 bits per heavy atom. The molecule has 2 fully saturated rings. The van der Waals surface area contributed by atoms with Crippen LogP contribution in [0.15, 0.2) is 29.9 Å². The summed E-state index contributed by atoms with van der Waals surface area (Å²) >= 11 is 1.42. The second-order valence-electron chi connectivity index (χ2n) is 9.20. The second-order valence-corrected chi connectivity index (χ2v) is 10.3. The lowest BCUT2D eigenvalue weighted by Gasteiger charge is -2.39. The number of piperazine rings is 1. The van der Waals surface area contributed by atoms with E-state index in [1.807, 2.05) is 11.8 Å². The van der Waals surface area contributed by atoms with E-state index < -0.39 is 0 Å². The summed E-state index contributed by atoms with van der Waals surface area (Å²) in [5, 5.41) is 5.52. The molecule has 0 unspecified atom stereocenters. The van der Waals surface area contributed by atoms with Crippen molar-refractivity contribution < 1.29 is 13.9 Å². The summed E-state index contributed by atoms with van der Waals surface area (Å²) in [4.78, 5) is 32.7. The first-order valence-corrected chi connectivity index (χ1v) is 12.9. The lowest BCUT2D eigenvalue weighted by atomic mass is 10.0. The van der Waals surface area contributed by atoms with Gasteiger partial charge in [-0.15, -0.1) is 11.3 Å². The van der Waals surface area contributed by atoms with Crippen LogP contribution in [0, 0.1) is 12.7 Å². The van der Waals surface area contributed by atoms with Crippen molar-refractivity contribution in [3.05, 3.63) is 46.4 Å². The zero-order valence-electron chi connectivity index (χ0n) is 20.7. The Labute approximate surface area is 213 Å². The lowest BCUT2D eigenvalue weighted by molar-refractivity contribution is 0.102. The third-order valence-electron chi connectivity index (χ3n) is 6.73. The average Bonchev–Trinajstić information content (AvgIpc) is 3.33. The van der Waals surface area contributed by atoms with Crippen LogP contribution in [-0.4, -0.2) is 84.8 Å². The Bertz CT molecular complexity index is 1230. The maximum Gasteiger partial charge on any atom is 0.275 e. The summed E-state index contributed by atoms with van der Waals surface area (Å²) in [5.41, 5.74) is 2.42. The van der Waals surface area contributed by atoms with Crippen molar-refractivity contribution in [1.29, 1.82) is 0 Å². The average molecular weight is 512 g/mol. The highest BCUT2D eigenvalue weighted by molar-refractivity contribution is 7.09. The number of nitrogens with one attached hydrogen (secondary N) is 1. The molecule has 1 amide bonds. The zero-order valence-corrected chi connectivity index (χ0v) is 21.5. The van der Waals surface area contributed by atoms with E-state index in [0.29, 0.717) is 53.4 Å². The highest BCUT2D eigenvalue weighted by Gasteiger charge is 2.25. The molecule has 5 rings (SSSR count). The maximum atomic E-state index is 15.5. The summed E-state index contributed by atoms with van der Waals surface area (Å²) in [7, 11) is 2.08. The molecule has 4 heterocycles. The highest BCUT2D eigenvalue weighted by Crippen LogP contribution is 2.35. The molecule has 2 aliphatic heterocycles. The Morgan fingerprint density at radius 1 is 1.14 bits per heavy atom. The number of halogens is 1. The van der Waals surface area contributed by atoms with Crippen molar-refractivity contribution in [3.8, 4) is 11.1 Å². The molecular formula is C25H30FN7O2S. The van der Waals surface area contributed by atoms with Crippen molar-refractivity contribution in [2.24, 2.45) is 0 Å². The molecule has 0 saturated carbocycles. The van der Waals surface area contributed by atoms with E-state index in [1.165, 1.54) is 17.4 Å². The number of amides is 1. The van der Waals surface area contributed by atoms with Crippen molar-refractivity contribution in [3.63, 3.8) is 0 Å². The minimum atomic E-state index is -0.387. The third-order valence-corrected chi connectivity index (χ3v) is 7.50. The van der Waals surface area contributed by atoms with Gasteiger partial charge in [0.25, 0.3) is 5.91 Å². The van der Waals surface area contributed by atoms with Gasteiger partial charge >= 0.3 is 0 Å². The summed E-state index contributed by atoms with van der Waals surface area (Å²) in [6.45, 7) is 9.01. The number of nitrogens with zero attached hydrogens (tertiary/aromatic N) is 6. The molecule has 0 radical (unpaired) electrons. The van der Waals surface area contributed by atoms with E-state index in [9.17, 15) is 4.79 Å². The minimum Gasteiger partial charge on any atom is -0.378 e. The summed E-state index contributed by atoms with van der Waals surface area (Å²) in [6.07, 6.45) is 3.26. The normalized spacial score (nSPS) is 18.9. The van der Waals surface area contributed by atoms with Crippen LogP contribution in [0.4, 0.5) is 21.7 Å². The van der Waals surface area contributed by atoms with E-state index >= 15 is 4.39 Å². The fraction of sp³-hybridized carbons (Fsp3) is 0.440. The van der Waals surface area contributed by atoms with Gasteiger partial charge in [-0.1, -0.05) is 0 Å². The number of ether oxygens (including phenoxy) is 1. The Balaban J connectivity index is 1.48. The molecule has 2 aromatic heterocycles. The first-order chi connectivity index (χ1) is 17.4. The summed E-state index contributed by atoms with van der Waals surface area (Å²) < 4.78 is 20.9. The highest BCUT2D eigenvalue weighted by atomic mass is 32.1. The van der Waals surface area contributed by atoms with Gasteiger partial charge in [0, 0.05) is 67.7 Å². The standard InChI is InChI=1S/C25H30FN7O2S/c1-16-14-33(5-4-31(16)3)23-11-20(26)19(10-21(23)30-24(34)22-15-36-17(2)29-22)18-12-27-25(28-13-18)32-6-8-35-9-7-32/h10-13,15-16H,4-9,14H2,1-3H3,(H,30,34)/t16-/m0/s1. The topological polar surface area (TPSA) is 86.7 Å². The van der Waals surface area contributed by atoms with Gasteiger partial charge in [-0.25, -0.2) is 19.3 Å². The molecule has 1 N–H and O–H groups in total. The van der Waals surface area contributed by atoms with Crippen molar-refractivity contribution in [1.82, 2.24) is 19.9 Å². The fourth-order valence-electron chi connectivity index (χ4n) is 4.45. The van der Waals surface area contributed by atoms with Crippen LogP contribution in [0.25, 0.3) is 11.1 Å². The van der Waals surface area contributed by atoms with E-state index in [4.69, 9.17) is 4.74 Å². The lowest BCUT2D eigenvalue weighted by Crippen LogP contribution is -2.50. The van der Waals surface area contributed by atoms with Gasteiger partial charge in [-0.3, -0.25) is 4.79 Å². The quantitative estimate of drug-likeness (QED) is 0.559. The van der Waals surface area contributed by atoms with Crippen molar-refractivity contribution in [2.75, 3.05) is 68.1 Å². The number of carbonyl (C=O) groups excluding carboxylic acids is 1. The Morgan fingerprint density at radius 2 is 1.89 bits per heavy atom. The molecule has 190 valence electrons. The van der Waals surface area contributed by atoms with E-state index in [0.717, 1.165) is 37.7 Å². The van der Waals surface area contributed by atoms with E-state index in [2.05, 4.69) is 44.0 Å². The summed E-state index contributed by atoms with van der Waals surface area (Å²) in [5.74, 6) is -0.112. The van der Waals surface area contributed by atoms with Gasteiger partial charge in [0.15, 0.2) is 0 Å².